The molecule has 3 heteroatoms. The lowest BCUT2D eigenvalue weighted by molar-refractivity contribution is -0.118. The molecule has 118 valence electrons. The van der Waals surface area contributed by atoms with Crippen LogP contribution in [0.1, 0.15) is 44.7 Å². The van der Waals surface area contributed by atoms with Crippen molar-refractivity contribution < 1.29 is 4.79 Å². The van der Waals surface area contributed by atoms with Crippen molar-refractivity contribution in [2.75, 3.05) is 5.01 Å². The monoisotopic (exact) mass is 306 g/mol. The maximum absolute atomic E-state index is 12.3. The third kappa shape index (κ3) is 3.34. The fourth-order valence-electron chi connectivity index (χ4n) is 2.69. The van der Waals surface area contributed by atoms with Crippen molar-refractivity contribution in [3.05, 3.63) is 65.7 Å². The van der Waals surface area contributed by atoms with Gasteiger partial charge in [0.1, 0.15) is 0 Å². The lowest BCUT2D eigenvalue weighted by Crippen LogP contribution is -2.31. The highest BCUT2D eigenvalue weighted by atomic mass is 16.2. The van der Waals surface area contributed by atoms with Gasteiger partial charge in [0, 0.05) is 12.8 Å². The molecule has 0 aliphatic carbocycles. The van der Waals surface area contributed by atoms with E-state index >= 15 is 0 Å². The molecular weight excluding hydrogens is 284 g/mol. The average molecular weight is 306 g/mol. The van der Waals surface area contributed by atoms with E-state index in [1.165, 1.54) is 10.6 Å². The molecule has 0 radical (unpaired) electrons. The van der Waals surface area contributed by atoms with Gasteiger partial charge in [0.15, 0.2) is 0 Å². The van der Waals surface area contributed by atoms with Gasteiger partial charge in [-0.3, -0.25) is 4.79 Å². The van der Waals surface area contributed by atoms with Crippen molar-refractivity contribution in [3.63, 3.8) is 0 Å². The van der Waals surface area contributed by atoms with Crippen molar-refractivity contribution >= 4 is 17.3 Å². The van der Waals surface area contributed by atoms with Crippen molar-refractivity contribution in [2.45, 2.75) is 39.0 Å². The first-order chi connectivity index (χ1) is 10.9. The summed E-state index contributed by atoms with van der Waals surface area (Å²) in [5, 5.41) is 6.14. The Morgan fingerprint density at radius 2 is 1.57 bits per heavy atom. The molecule has 0 N–H and O–H groups in total. The van der Waals surface area contributed by atoms with Crippen molar-refractivity contribution in [3.8, 4) is 0 Å². The van der Waals surface area contributed by atoms with E-state index in [0.29, 0.717) is 12.8 Å². The highest BCUT2D eigenvalue weighted by Crippen LogP contribution is 2.27. The van der Waals surface area contributed by atoms with E-state index in [9.17, 15) is 4.79 Å². The molecule has 0 bridgehead atoms. The van der Waals surface area contributed by atoms with Crippen LogP contribution in [0.15, 0.2) is 59.7 Å². The highest BCUT2D eigenvalue weighted by Gasteiger charge is 2.23. The minimum atomic E-state index is 0.0492. The van der Waals surface area contributed by atoms with Gasteiger partial charge >= 0.3 is 0 Å². The van der Waals surface area contributed by atoms with Crippen LogP contribution in [0.3, 0.4) is 0 Å². The van der Waals surface area contributed by atoms with Gasteiger partial charge in [-0.2, -0.15) is 5.10 Å². The summed E-state index contributed by atoms with van der Waals surface area (Å²) in [5.74, 6) is 0.0492. The summed E-state index contributed by atoms with van der Waals surface area (Å²) >= 11 is 0. The lowest BCUT2D eigenvalue weighted by Gasteiger charge is -2.25. The average Bonchev–Trinajstić information content (AvgIpc) is 2.55. The number of carbonyl (C=O) groups is 1. The molecule has 1 aliphatic rings. The number of hydrazone groups is 1. The van der Waals surface area contributed by atoms with Gasteiger partial charge in [-0.25, -0.2) is 5.01 Å². The van der Waals surface area contributed by atoms with Gasteiger partial charge in [0.05, 0.1) is 11.4 Å². The fourth-order valence-corrected chi connectivity index (χ4v) is 2.69. The molecule has 23 heavy (non-hydrogen) atoms. The maximum Gasteiger partial charge on any atom is 0.247 e. The van der Waals surface area contributed by atoms with Crippen molar-refractivity contribution in [1.82, 2.24) is 0 Å². The van der Waals surface area contributed by atoms with E-state index < -0.39 is 0 Å². The third-order valence-corrected chi connectivity index (χ3v) is 4.12. The molecule has 0 saturated heterocycles. The third-order valence-electron chi connectivity index (χ3n) is 4.12. The van der Waals surface area contributed by atoms with Gasteiger partial charge in [-0.05, 0) is 28.7 Å². The van der Waals surface area contributed by atoms with Gasteiger partial charge < -0.3 is 0 Å². The molecule has 1 amide bonds. The first-order valence-electron chi connectivity index (χ1n) is 8.01. The number of hydrogen-bond acceptors (Lipinski definition) is 2. The number of amides is 1. The number of rotatable bonds is 2. The minimum absolute atomic E-state index is 0.0492. The summed E-state index contributed by atoms with van der Waals surface area (Å²) < 4.78 is 0. The summed E-state index contributed by atoms with van der Waals surface area (Å²) in [7, 11) is 0. The van der Waals surface area contributed by atoms with Crippen LogP contribution in [0.5, 0.6) is 0 Å². The molecule has 0 unspecified atom stereocenters. The molecule has 0 aromatic heterocycles. The first-order valence-corrected chi connectivity index (χ1v) is 8.01. The van der Waals surface area contributed by atoms with Gasteiger partial charge in [0.2, 0.25) is 5.91 Å². The second-order valence-corrected chi connectivity index (χ2v) is 6.92. The number of carbonyl (C=O) groups excluding carboxylic acids is 1. The molecule has 1 aliphatic heterocycles. The van der Waals surface area contributed by atoms with Crippen molar-refractivity contribution in [2.24, 2.45) is 5.10 Å². The Bertz CT molecular complexity index is 724. The van der Waals surface area contributed by atoms with Crippen LogP contribution in [-0.4, -0.2) is 11.6 Å². The summed E-state index contributed by atoms with van der Waals surface area (Å²) in [6.45, 7) is 6.54. The summed E-state index contributed by atoms with van der Waals surface area (Å²) in [4.78, 5) is 12.3. The largest absolute Gasteiger partial charge is 0.273 e. The van der Waals surface area contributed by atoms with Crippen molar-refractivity contribution in [1.29, 1.82) is 0 Å². The number of nitrogens with zero attached hydrogens (tertiary/aromatic N) is 2. The highest BCUT2D eigenvalue weighted by molar-refractivity contribution is 6.08. The van der Waals surface area contributed by atoms with Crippen LogP contribution >= 0.6 is 0 Å². The minimum Gasteiger partial charge on any atom is -0.273 e. The quantitative estimate of drug-likeness (QED) is 0.803. The molecule has 0 saturated carbocycles. The zero-order valence-electron chi connectivity index (χ0n) is 13.9. The second kappa shape index (κ2) is 5.99. The number of hydrogen-bond donors (Lipinski definition) is 0. The van der Waals surface area contributed by atoms with Gasteiger partial charge in [-0.15, -0.1) is 0 Å². The fraction of sp³-hybridized carbons (Fsp3) is 0.300. The molecular formula is C20H22N2O. The predicted molar refractivity (Wildman–Crippen MR) is 94.8 cm³/mol. The summed E-state index contributed by atoms with van der Waals surface area (Å²) in [5.41, 5.74) is 4.22. The van der Waals surface area contributed by atoms with E-state index in [2.05, 4.69) is 38.0 Å². The molecule has 3 rings (SSSR count). The van der Waals surface area contributed by atoms with E-state index in [4.69, 9.17) is 0 Å². The van der Waals surface area contributed by atoms with Gasteiger partial charge in [-0.1, -0.05) is 63.2 Å². The van der Waals surface area contributed by atoms with Gasteiger partial charge in [0.25, 0.3) is 0 Å². The second-order valence-electron chi connectivity index (χ2n) is 6.92. The zero-order chi connectivity index (χ0) is 16.4. The van der Waals surface area contributed by atoms with Crippen LogP contribution in [0.2, 0.25) is 0 Å². The summed E-state index contributed by atoms with van der Waals surface area (Å²) in [6, 6.07) is 18.2. The van der Waals surface area contributed by atoms with E-state index in [-0.39, 0.29) is 11.3 Å². The molecule has 2 aromatic rings. The Kier molecular flexibility index (Phi) is 4.03. The first kappa shape index (κ1) is 15.5. The molecule has 1 heterocycles. The molecule has 0 fully saturated rings. The smallest absolute Gasteiger partial charge is 0.247 e. The van der Waals surface area contributed by atoms with Crippen LogP contribution in [0.4, 0.5) is 5.69 Å². The Hall–Kier alpha value is -2.42. The molecule has 2 aromatic carbocycles. The normalized spacial score (nSPS) is 15.5. The lowest BCUT2D eigenvalue weighted by atomic mass is 9.87. The summed E-state index contributed by atoms with van der Waals surface area (Å²) in [6.07, 6.45) is 1.19. The van der Waals surface area contributed by atoms with E-state index in [0.717, 1.165) is 17.0 Å². The van der Waals surface area contributed by atoms with E-state index in [1.807, 2.05) is 42.5 Å². The topological polar surface area (TPSA) is 32.7 Å². The van der Waals surface area contributed by atoms with E-state index in [1.54, 1.807) is 0 Å². The predicted octanol–water partition coefficient (Wildman–Crippen LogP) is 4.52. The van der Waals surface area contributed by atoms with Crippen LogP contribution in [0, 0.1) is 0 Å². The maximum atomic E-state index is 12.3. The Labute approximate surface area is 137 Å². The number of anilines is 1. The van der Waals surface area contributed by atoms with Crippen LogP contribution in [0.25, 0.3) is 0 Å². The van der Waals surface area contributed by atoms with Crippen LogP contribution in [-0.2, 0) is 10.2 Å². The standard InChI is InChI=1S/C20H22N2O/c1-20(2,3)16-9-11-17(12-10-16)22-19(23)14-13-18(21-22)15-7-5-4-6-8-15/h4-12H,13-14H2,1-3H3. The number of benzene rings is 2. The Balaban J connectivity index is 1.93. The molecule has 0 atom stereocenters. The molecule has 0 spiro atoms. The Morgan fingerprint density at radius 1 is 0.913 bits per heavy atom. The zero-order valence-corrected chi connectivity index (χ0v) is 13.9. The Morgan fingerprint density at radius 3 is 2.17 bits per heavy atom. The SMILES string of the molecule is CC(C)(C)c1ccc(N2N=C(c3ccccc3)CCC2=O)cc1. The molecule has 3 nitrogen and oxygen atoms in total. The van der Waals surface area contributed by atoms with Crippen LogP contribution < -0.4 is 5.01 Å².